The van der Waals surface area contributed by atoms with Crippen LogP contribution in [-0.4, -0.2) is 17.2 Å². The van der Waals surface area contributed by atoms with E-state index >= 15 is 0 Å². The van der Waals surface area contributed by atoms with Crippen molar-refractivity contribution in [3.8, 4) is 5.75 Å². The molecule has 1 aliphatic carbocycles. The fourth-order valence-corrected chi connectivity index (χ4v) is 3.29. The van der Waals surface area contributed by atoms with Gasteiger partial charge in [-0.1, -0.05) is 19.4 Å². The van der Waals surface area contributed by atoms with E-state index in [4.69, 9.17) is 4.74 Å². The Labute approximate surface area is 122 Å². The summed E-state index contributed by atoms with van der Waals surface area (Å²) in [5.74, 6) is 0.0629. The molecule has 2 rings (SSSR count). The molecule has 0 heterocycles. The maximum atomic E-state index is 11.3. The molecule has 1 fully saturated rings. The summed E-state index contributed by atoms with van der Waals surface area (Å²) in [6.45, 7) is 2.17. The number of hydrogen-bond donors (Lipinski definition) is 1. The van der Waals surface area contributed by atoms with E-state index in [1.807, 2.05) is 6.07 Å². The van der Waals surface area contributed by atoms with Gasteiger partial charge in [-0.3, -0.25) is 0 Å². The third-order valence-electron chi connectivity index (χ3n) is 3.83. The lowest BCUT2D eigenvalue weighted by molar-refractivity contribution is 0.0663. The number of carboxylic acid groups (broad SMARTS) is 1. The summed E-state index contributed by atoms with van der Waals surface area (Å²) in [7, 11) is 0. The van der Waals surface area contributed by atoms with E-state index in [0.29, 0.717) is 16.1 Å². The Morgan fingerprint density at radius 1 is 1.42 bits per heavy atom. The van der Waals surface area contributed by atoms with Gasteiger partial charge in [0, 0.05) is 4.47 Å². The molecule has 1 aliphatic rings. The van der Waals surface area contributed by atoms with Crippen LogP contribution in [0.15, 0.2) is 22.7 Å². The second-order valence-electron chi connectivity index (χ2n) is 5.03. The molecule has 2 unspecified atom stereocenters. The maximum absolute atomic E-state index is 11.3. The van der Waals surface area contributed by atoms with Gasteiger partial charge in [0.2, 0.25) is 0 Å². The van der Waals surface area contributed by atoms with E-state index in [1.165, 1.54) is 12.8 Å². The van der Waals surface area contributed by atoms with Gasteiger partial charge in [-0.25, -0.2) is 4.79 Å². The molecule has 19 heavy (non-hydrogen) atoms. The molecule has 104 valence electrons. The average Bonchev–Trinajstić information content (AvgIpc) is 2.39. The van der Waals surface area contributed by atoms with Crippen LogP contribution in [0.2, 0.25) is 0 Å². The lowest BCUT2D eigenvalue weighted by Crippen LogP contribution is -2.30. The van der Waals surface area contributed by atoms with Crippen LogP contribution in [0.4, 0.5) is 0 Å². The SMILES string of the molecule is CCC1CCCCC1Oc1cccc(Br)c1C(=O)O. The number of ether oxygens (including phenoxy) is 1. The molecule has 1 N–H and O–H groups in total. The quantitative estimate of drug-likeness (QED) is 0.886. The molecule has 1 aromatic carbocycles. The molecule has 0 aromatic heterocycles. The van der Waals surface area contributed by atoms with Crippen molar-refractivity contribution in [3.05, 3.63) is 28.2 Å². The molecular weight excluding hydrogens is 308 g/mol. The number of rotatable bonds is 4. The minimum absolute atomic E-state index is 0.145. The first-order chi connectivity index (χ1) is 9.13. The first-order valence-corrected chi connectivity index (χ1v) is 7.61. The Morgan fingerprint density at radius 3 is 2.84 bits per heavy atom. The zero-order chi connectivity index (χ0) is 13.8. The van der Waals surface area contributed by atoms with Gasteiger partial charge in [0.1, 0.15) is 17.4 Å². The number of carboxylic acids is 1. The average molecular weight is 327 g/mol. The number of halogens is 1. The van der Waals surface area contributed by atoms with E-state index in [2.05, 4.69) is 22.9 Å². The summed E-state index contributed by atoms with van der Waals surface area (Å²) in [6, 6.07) is 5.29. The molecule has 2 atom stereocenters. The van der Waals surface area contributed by atoms with Crippen molar-refractivity contribution in [3.63, 3.8) is 0 Å². The van der Waals surface area contributed by atoms with Gasteiger partial charge < -0.3 is 9.84 Å². The molecule has 3 nitrogen and oxygen atoms in total. The molecule has 0 radical (unpaired) electrons. The van der Waals surface area contributed by atoms with Gasteiger partial charge in [-0.2, -0.15) is 0 Å². The van der Waals surface area contributed by atoms with Crippen molar-refractivity contribution >= 4 is 21.9 Å². The minimum atomic E-state index is -0.952. The maximum Gasteiger partial charge on any atom is 0.340 e. The van der Waals surface area contributed by atoms with Crippen LogP contribution in [0.25, 0.3) is 0 Å². The Bertz CT molecular complexity index is 459. The molecule has 1 saturated carbocycles. The lowest BCUT2D eigenvalue weighted by atomic mass is 9.84. The second kappa shape index (κ2) is 6.42. The summed E-state index contributed by atoms with van der Waals surface area (Å²) in [5, 5.41) is 9.29. The van der Waals surface area contributed by atoms with E-state index < -0.39 is 5.97 Å². The summed E-state index contributed by atoms with van der Waals surface area (Å²) in [4.78, 5) is 11.3. The fourth-order valence-electron chi connectivity index (χ4n) is 2.77. The highest BCUT2D eigenvalue weighted by Gasteiger charge is 2.27. The van der Waals surface area contributed by atoms with Gasteiger partial charge in [0.25, 0.3) is 0 Å². The number of hydrogen-bond acceptors (Lipinski definition) is 2. The largest absolute Gasteiger partial charge is 0.489 e. The van der Waals surface area contributed by atoms with Gasteiger partial charge in [-0.05, 0) is 59.7 Å². The van der Waals surface area contributed by atoms with Crippen LogP contribution in [0.5, 0.6) is 5.75 Å². The third-order valence-corrected chi connectivity index (χ3v) is 4.49. The summed E-state index contributed by atoms with van der Waals surface area (Å²) >= 11 is 3.28. The van der Waals surface area contributed by atoms with Crippen molar-refractivity contribution < 1.29 is 14.6 Å². The van der Waals surface area contributed by atoms with Crippen LogP contribution >= 0.6 is 15.9 Å². The van der Waals surface area contributed by atoms with Gasteiger partial charge in [-0.15, -0.1) is 0 Å². The lowest BCUT2D eigenvalue weighted by Gasteiger charge is -2.31. The topological polar surface area (TPSA) is 46.5 Å². The van der Waals surface area contributed by atoms with E-state index in [0.717, 1.165) is 19.3 Å². The molecule has 0 spiro atoms. The highest BCUT2D eigenvalue weighted by Crippen LogP contribution is 2.33. The highest BCUT2D eigenvalue weighted by atomic mass is 79.9. The van der Waals surface area contributed by atoms with Crippen molar-refractivity contribution in [1.82, 2.24) is 0 Å². The van der Waals surface area contributed by atoms with Crippen molar-refractivity contribution in [2.24, 2.45) is 5.92 Å². The van der Waals surface area contributed by atoms with E-state index in [-0.39, 0.29) is 11.7 Å². The zero-order valence-corrected chi connectivity index (χ0v) is 12.6. The predicted octanol–water partition coefficient (Wildman–Crippen LogP) is 4.49. The van der Waals surface area contributed by atoms with Crippen molar-refractivity contribution in [1.29, 1.82) is 0 Å². The first-order valence-electron chi connectivity index (χ1n) is 6.82. The molecular formula is C15H19BrO3. The Kier molecular flexibility index (Phi) is 4.86. The van der Waals surface area contributed by atoms with Gasteiger partial charge in [0.15, 0.2) is 0 Å². The zero-order valence-electron chi connectivity index (χ0n) is 11.1. The van der Waals surface area contributed by atoms with Crippen LogP contribution in [0.3, 0.4) is 0 Å². The molecule has 0 bridgehead atoms. The smallest absolute Gasteiger partial charge is 0.340 e. The normalized spacial score (nSPS) is 23.1. The van der Waals surface area contributed by atoms with Crippen LogP contribution in [0, 0.1) is 5.92 Å². The molecule has 0 saturated heterocycles. The molecule has 0 amide bonds. The minimum Gasteiger partial charge on any atom is -0.489 e. The fraction of sp³-hybridized carbons (Fsp3) is 0.533. The molecule has 1 aromatic rings. The van der Waals surface area contributed by atoms with Gasteiger partial charge in [0.05, 0.1) is 0 Å². The highest BCUT2D eigenvalue weighted by molar-refractivity contribution is 9.10. The van der Waals surface area contributed by atoms with E-state index in [9.17, 15) is 9.90 Å². The first kappa shape index (κ1) is 14.4. The Balaban J connectivity index is 2.22. The predicted molar refractivity (Wildman–Crippen MR) is 77.8 cm³/mol. The Hall–Kier alpha value is -1.03. The van der Waals surface area contributed by atoms with Crippen molar-refractivity contribution in [2.45, 2.75) is 45.1 Å². The van der Waals surface area contributed by atoms with E-state index in [1.54, 1.807) is 12.1 Å². The second-order valence-corrected chi connectivity index (χ2v) is 5.88. The number of carbonyl (C=O) groups is 1. The monoisotopic (exact) mass is 326 g/mol. The standard InChI is InChI=1S/C15H19BrO3/c1-2-10-6-3-4-8-12(10)19-13-9-5-7-11(16)14(13)15(17)18/h5,7,9-10,12H,2-4,6,8H2,1H3,(H,17,18). The third kappa shape index (κ3) is 3.30. The number of benzene rings is 1. The summed E-state index contributed by atoms with van der Waals surface area (Å²) < 4.78 is 6.59. The van der Waals surface area contributed by atoms with Crippen LogP contribution in [-0.2, 0) is 0 Å². The van der Waals surface area contributed by atoms with Crippen LogP contribution < -0.4 is 4.74 Å². The molecule has 4 heteroatoms. The summed E-state index contributed by atoms with van der Waals surface area (Å²) in [5.41, 5.74) is 0.225. The number of aromatic carboxylic acids is 1. The summed E-state index contributed by atoms with van der Waals surface area (Å²) in [6.07, 6.45) is 5.84. The molecule has 0 aliphatic heterocycles. The van der Waals surface area contributed by atoms with Gasteiger partial charge >= 0.3 is 5.97 Å². The van der Waals surface area contributed by atoms with Crippen LogP contribution in [0.1, 0.15) is 49.4 Å². The van der Waals surface area contributed by atoms with Crippen molar-refractivity contribution in [2.75, 3.05) is 0 Å². The Morgan fingerprint density at radius 2 is 2.16 bits per heavy atom.